The second-order valence-electron chi connectivity index (χ2n) is 4.37. The van der Waals surface area contributed by atoms with E-state index in [1.165, 1.54) is 6.07 Å². The molecule has 19 heavy (non-hydrogen) atoms. The minimum Gasteiger partial charge on any atom is -0.306 e. The van der Waals surface area contributed by atoms with Gasteiger partial charge >= 0.3 is 0 Å². The monoisotopic (exact) mass is 341 g/mol. The van der Waals surface area contributed by atoms with Crippen LogP contribution in [0.4, 0.5) is 4.39 Å². The molecule has 0 heterocycles. The first-order valence-corrected chi connectivity index (χ1v) is 7.17. The number of benzene rings is 2. The Morgan fingerprint density at radius 3 is 2.68 bits per heavy atom. The van der Waals surface area contributed by atoms with E-state index in [0.29, 0.717) is 11.0 Å². The smallest absolute Gasteiger partial charge is 0.137 e. The van der Waals surface area contributed by atoms with Gasteiger partial charge in [0, 0.05) is 17.6 Å². The molecule has 2 rings (SSSR count). The zero-order valence-corrected chi connectivity index (χ0v) is 12.8. The summed E-state index contributed by atoms with van der Waals surface area (Å²) in [7, 11) is 0. The summed E-state index contributed by atoms with van der Waals surface area (Å²) in [4.78, 5) is 0. The summed E-state index contributed by atoms with van der Waals surface area (Å²) in [5, 5.41) is 4.08. The van der Waals surface area contributed by atoms with Crippen molar-refractivity contribution in [1.29, 1.82) is 0 Å². The summed E-state index contributed by atoms with van der Waals surface area (Å²) >= 11 is 9.28. The van der Waals surface area contributed by atoms with Crippen LogP contribution in [-0.2, 0) is 6.54 Å². The molecule has 0 aliphatic carbocycles. The minimum atomic E-state index is -0.246. The molecule has 1 unspecified atom stereocenters. The van der Waals surface area contributed by atoms with Gasteiger partial charge in [0.1, 0.15) is 5.82 Å². The van der Waals surface area contributed by atoms with Crippen molar-refractivity contribution in [3.63, 3.8) is 0 Å². The molecule has 0 aromatic heterocycles. The Morgan fingerprint density at radius 1 is 1.26 bits per heavy atom. The van der Waals surface area contributed by atoms with E-state index in [-0.39, 0.29) is 11.9 Å². The van der Waals surface area contributed by atoms with Gasteiger partial charge in [0.25, 0.3) is 0 Å². The molecule has 0 amide bonds. The van der Waals surface area contributed by atoms with Crippen LogP contribution in [0.15, 0.2) is 46.9 Å². The summed E-state index contributed by atoms with van der Waals surface area (Å²) in [5.74, 6) is -0.246. The van der Waals surface area contributed by atoms with Crippen LogP contribution in [-0.4, -0.2) is 0 Å². The van der Waals surface area contributed by atoms with Gasteiger partial charge in [0.15, 0.2) is 0 Å². The Labute approximate surface area is 125 Å². The SMILES string of the molecule is CC(NCc1ccc(Br)c(F)c1)c1ccccc1Cl. The molecule has 0 fully saturated rings. The molecule has 1 N–H and O–H groups in total. The van der Waals surface area contributed by atoms with Gasteiger partial charge in [-0.15, -0.1) is 0 Å². The largest absolute Gasteiger partial charge is 0.306 e. The van der Waals surface area contributed by atoms with Crippen molar-refractivity contribution in [2.24, 2.45) is 0 Å². The molecule has 0 spiro atoms. The first-order chi connectivity index (χ1) is 9.08. The molecule has 4 heteroatoms. The molecule has 0 aliphatic rings. The van der Waals surface area contributed by atoms with Gasteiger partial charge in [-0.1, -0.05) is 35.9 Å². The van der Waals surface area contributed by atoms with Gasteiger partial charge < -0.3 is 5.32 Å². The molecule has 0 bridgehead atoms. The molecule has 1 nitrogen and oxygen atoms in total. The Bertz CT molecular complexity index is 574. The number of hydrogen-bond acceptors (Lipinski definition) is 1. The van der Waals surface area contributed by atoms with Crippen molar-refractivity contribution < 1.29 is 4.39 Å². The zero-order valence-electron chi connectivity index (χ0n) is 10.5. The number of hydrogen-bond donors (Lipinski definition) is 1. The normalized spacial score (nSPS) is 12.4. The van der Waals surface area contributed by atoms with E-state index >= 15 is 0 Å². The second-order valence-corrected chi connectivity index (χ2v) is 5.63. The van der Waals surface area contributed by atoms with Gasteiger partial charge in [-0.25, -0.2) is 4.39 Å². The van der Waals surface area contributed by atoms with Gasteiger partial charge in [-0.05, 0) is 52.2 Å². The average molecular weight is 343 g/mol. The highest BCUT2D eigenvalue weighted by Crippen LogP contribution is 2.23. The van der Waals surface area contributed by atoms with Gasteiger partial charge in [-0.3, -0.25) is 0 Å². The van der Waals surface area contributed by atoms with E-state index in [4.69, 9.17) is 11.6 Å². The van der Waals surface area contributed by atoms with Crippen LogP contribution >= 0.6 is 27.5 Å². The third kappa shape index (κ3) is 3.78. The molecule has 0 saturated heterocycles. The standard InChI is InChI=1S/C15H14BrClFN/c1-10(12-4-2-3-5-14(12)17)19-9-11-6-7-13(16)15(18)8-11/h2-8,10,19H,9H2,1H3. The summed E-state index contributed by atoms with van der Waals surface area (Å²) < 4.78 is 13.9. The van der Waals surface area contributed by atoms with Gasteiger partial charge in [0.2, 0.25) is 0 Å². The topological polar surface area (TPSA) is 12.0 Å². The van der Waals surface area contributed by atoms with Crippen LogP contribution in [0.25, 0.3) is 0 Å². The Hall–Kier alpha value is -0.900. The quantitative estimate of drug-likeness (QED) is 0.816. The third-order valence-corrected chi connectivity index (χ3v) is 3.96. The maximum Gasteiger partial charge on any atom is 0.137 e. The first kappa shape index (κ1) is 14.5. The highest BCUT2D eigenvalue weighted by molar-refractivity contribution is 9.10. The van der Waals surface area contributed by atoms with Crippen molar-refractivity contribution in [1.82, 2.24) is 5.32 Å². The molecule has 100 valence electrons. The molecule has 2 aromatic carbocycles. The van der Waals surface area contributed by atoms with Gasteiger partial charge in [0.05, 0.1) is 4.47 Å². The van der Waals surface area contributed by atoms with Crippen LogP contribution in [0.2, 0.25) is 5.02 Å². The third-order valence-electron chi connectivity index (χ3n) is 2.97. The molecule has 1 atom stereocenters. The van der Waals surface area contributed by atoms with Crippen molar-refractivity contribution in [2.75, 3.05) is 0 Å². The zero-order chi connectivity index (χ0) is 13.8. The number of rotatable bonds is 4. The van der Waals surface area contributed by atoms with Crippen LogP contribution in [0, 0.1) is 5.82 Å². The van der Waals surface area contributed by atoms with E-state index in [1.807, 2.05) is 37.3 Å². The molecular formula is C15H14BrClFN. The van der Waals surface area contributed by atoms with Crippen molar-refractivity contribution in [2.45, 2.75) is 19.5 Å². The molecular weight excluding hydrogens is 329 g/mol. The fourth-order valence-electron chi connectivity index (χ4n) is 1.86. The lowest BCUT2D eigenvalue weighted by atomic mass is 10.1. The molecule has 0 aliphatic heterocycles. The molecule has 0 saturated carbocycles. The number of halogens is 3. The summed E-state index contributed by atoms with van der Waals surface area (Å²) in [5.41, 5.74) is 1.95. The average Bonchev–Trinajstić information content (AvgIpc) is 2.40. The number of nitrogens with one attached hydrogen (secondary N) is 1. The van der Waals surface area contributed by atoms with E-state index in [0.717, 1.165) is 16.1 Å². The van der Waals surface area contributed by atoms with Crippen molar-refractivity contribution in [3.8, 4) is 0 Å². The van der Waals surface area contributed by atoms with E-state index in [1.54, 1.807) is 6.07 Å². The van der Waals surface area contributed by atoms with E-state index in [9.17, 15) is 4.39 Å². The summed E-state index contributed by atoms with van der Waals surface area (Å²) in [6, 6.07) is 13.0. The van der Waals surface area contributed by atoms with Crippen molar-refractivity contribution >= 4 is 27.5 Å². The lowest BCUT2D eigenvalue weighted by molar-refractivity contribution is 0.568. The first-order valence-electron chi connectivity index (χ1n) is 5.99. The van der Waals surface area contributed by atoms with E-state index < -0.39 is 0 Å². The highest BCUT2D eigenvalue weighted by Gasteiger charge is 2.08. The lowest BCUT2D eigenvalue weighted by Gasteiger charge is -2.15. The fraction of sp³-hybridized carbons (Fsp3) is 0.200. The van der Waals surface area contributed by atoms with Crippen molar-refractivity contribution in [3.05, 3.63) is 68.9 Å². The highest BCUT2D eigenvalue weighted by atomic mass is 79.9. The molecule has 0 radical (unpaired) electrons. The van der Waals surface area contributed by atoms with Gasteiger partial charge in [-0.2, -0.15) is 0 Å². The lowest BCUT2D eigenvalue weighted by Crippen LogP contribution is -2.18. The Balaban J connectivity index is 2.02. The Morgan fingerprint density at radius 2 is 2.00 bits per heavy atom. The van der Waals surface area contributed by atoms with Crippen LogP contribution in [0.3, 0.4) is 0 Å². The summed E-state index contributed by atoms with van der Waals surface area (Å²) in [6.45, 7) is 2.63. The Kier molecular flexibility index (Phi) is 4.97. The van der Waals surface area contributed by atoms with Crippen LogP contribution in [0.1, 0.15) is 24.1 Å². The maximum absolute atomic E-state index is 13.4. The minimum absolute atomic E-state index is 0.111. The summed E-state index contributed by atoms with van der Waals surface area (Å²) in [6.07, 6.45) is 0. The second kappa shape index (κ2) is 6.51. The predicted molar refractivity (Wildman–Crippen MR) is 80.8 cm³/mol. The molecule has 2 aromatic rings. The van der Waals surface area contributed by atoms with Crippen LogP contribution in [0.5, 0.6) is 0 Å². The van der Waals surface area contributed by atoms with Crippen LogP contribution < -0.4 is 5.32 Å². The fourth-order valence-corrected chi connectivity index (χ4v) is 2.40. The van der Waals surface area contributed by atoms with E-state index in [2.05, 4.69) is 21.2 Å². The maximum atomic E-state index is 13.4. The predicted octanol–water partition coefficient (Wildman–Crippen LogP) is 5.09.